The molecule has 27 heavy (non-hydrogen) atoms. The summed E-state index contributed by atoms with van der Waals surface area (Å²) in [5, 5.41) is 0.547. The summed E-state index contributed by atoms with van der Waals surface area (Å²) in [6, 6.07) is 14.4. The van der Waals surface area contributed by atoms with Gasteiger partial charge in [-0.15, -0.1) is 0 Å². The monoisotopic (exact) mass is 386 g/mol. The van der Waals surface area contributed by atoms with Gasteiger partial charge in [-0.25, -0.2) is 4.39 Å². The standard InChI is InChI=1S/C20H18ClFN2O.C2H6/c1-25-18-8-6-15(9-13-5-7-17(11-23)24-12-13)20(22)19(18)14-3-2-4-16(21)10-14;1-2/h2-8,10,12H,9,11,23H2,1H3;1-2H3. The highest BCUT2D eigenvalue weighted by molar-refractivity contribution is 6.30. The van der Waals surface area contributed by atoms with Gasteiger partial charge in [-0.1, -0.05) is 49.7 Å². The van der Waals surface area contributed by atoms with E-state index in [1.54, 1.807) is 36.5 Å². The predicted molar refractivity (Wildman–Crippen MR) is 110 cm³/mol. The molecule has 0 radical (unpaired) electrons. The summed E-state index contributed by atoms with van der Waals surface area (Å²) in [5.41, 5.74) is 8.94. The van der Waals surface area contributed by atoms with E-state index in [4.69, 9.17) is 22.1 Å². The quantitative estimate of drug-likeness (QED) is 0.618. The first-order valence-corrected chi connectivity index (χ1v) is 9.25. The number of benzene rings is 2. The molecule has 0 bridgehead atoms. The predicted octanol–water partition coefficient (Wildman–Crippen LogP) is 5.63. The van der Waals surface area contributed by atoms with E-state index in [1.165, 1.54) is 7.11 Å². The minimum Gasteiger partial charge on any atom is -0.496 e. The smallest absolute Gasteiger partial charge is 0.138 e. The zero-order chi connectivity index (χ0) is 19.8. The molecule has 3 rings (SSSR count). The maximum Gasteiger partial charge on any atom is 0.138 e. The Morgan fingerprint density at radius 3 is 2.48 bits per heavy atom. The fraction of sp³-hybridized carbons (Fsp3) is 0.227. The summed E-state index contributed by atoms with van der Waals surface area (Å²) < 4.78 is 20.6. The molecule has 2 N–H and O–H groups in total. The molecule has 0 aliphatic carbocycles. The van der Waals surface area contributed by atoms with E-state index >= 15 is 4.39 Å². The van der Waals surface area contributed by atoms with Crippen molar-refractivity contribution in [1.82, 2.24) is 4.98 Å². The zero-order valence-corrected chi connectivity index (χ0v) is 16.6. The van der Waals surface area contributed by atoms with E-state index in [1.807, 2.05) is 32.0 Å². The maximum atomic E-state index is 15.2. The first-order valence-electron chi connectivity index (χ1n) is 8.87. The molecule has 142 valence electrons. The summed E-state index contributed by atoms with van der Waals surface area (Å²) in [7, 11) is 1.53. The normalized spacial score (nSPS) is 10.1. The van der Waals surface area contributed by atoms with Crippen molar-refractivity contribution in [3.63, 3.8) is 0 Å². The minimum atomic E-state index is -0.315. The van der Waals surface area contributed by atoms with Gasteiger partial charge in [0.25, 0.3) is 0 Å². The van der Waals surface area contributed by atoms with Crippen LogP contribution in [0.15, 0.2) is 54.7 Å². The molecule has 0 unspecified atom stereocenters. The number of hydrogen-bond acceptors (Lipinski definition) is 3. The van der Waals surface area contributed by atoms with Crippen LogP contribution in [0.3, 0.4) is 0 Å². The summed E-state index contributed by atoms with van der Waals surface area (Å²) in [6.07, 6.45) is 2.16. The van der Waals surface area contributed by atoms with Crippen molar-refractivity contribution in [1.29, 1.82) is 0 Å². The minimum absolute atomic E-state index is 0.315. The van der Waals surface area contributed by atoms with Gasteiger partial charge in [0, 0.05) is 24.2 Å². The van der Waals surface area contributed by atoms with Crippen LogP contribution >= 0.6 is 11.6 Å². The second-order valence-corrected chi connectivity index (χ2v) is 6.10. The van der Waals surface area contributed by atoms with Gasteiger partial charge in [-0.2, -0.15) is 0 Å². The zero-order valence-electron chi connectivity index (χ0n) is 15.8. The number of pyridine rings is 1. The Morgan fingerprint density at radius 2 is 1.89 bits per heavy atom. The first kappa shape index (κ1) is 20.9. The molecule has 0 atom stereocenters. The molecule has 0 spiro atoms. The van der Waals surface area contributed by atoms with Crippen LogP contribution in [0, 0.1) is 5.82 Å². The molecule has 3 nitrogen and oxygen atoms in total. The number of ether oxygens (including phenoxy) is 1. The number of hydrogen-bond donors (Lipinski definition) is 1. The summed E-state index contributed by atoms with van der Waals surface area (Å²) in [6.45, 7) is 4.39. The van der Waals surface area contributed by atoms with Crippen molar-refractivity contribution >= 4 is 11.6 Å². The van der Waals surface area contributed by atoms with Gasteiger partial charge in [0.1, 0.15) is 11.6 Å². The summed E-state index contributed by atoms with van der Waals surface area (Å²) >= 11 is 6.06. The summed E-state index contributed by atoms with van der Waals surface area (Å²) in [4.78, 5) is 4.26. The lowest BCUT2D eigenvalue weighted by Gasteiger charge is -2.14. The Morgan fingerprint density at radius 1 is 1.11 bits per heavy atom. The van der Waals surface area contributed by atoms with Gasteiger partial charge in [0.05, 0.1) is 18.4 Å². The Labute approximate surface area is 165 Å². The lowest BCUT2D eigenvalue weighted by Crippen LogP contribution is -2.01. The highest BCUT2D eigenvalue weighted by atomic mass is 35.5. The van der Waals surface area contributed by atoms with Crippen molar-refractivity contribution in [2.75, 3.05) is 7.11 Å². The van der Waals surface area contributed by atoms with E-state index in [9.17, 15) is 0 Å². The lowest BCUT2D eigenvalue weighted by molar-refractivity contribution is 0.413. The van der Waals surface area contributed by atoms with Crippen LogP contribution in [0.4, 0.5) is 4.39 Å². The number of nitrogens with two attached hydrogens (primary N) is 1. The number of nitrogens with zero attached hydrogens (tertiary/aromatic N) is 1. The molecule has 0 aliphatic rings. The van der Waals surface area contributed by atoms with Gasteiger partial charge in [0.2, 0.25) is 0 Å². The van der Waals surface area contributed by atoms with Crippen molar-refractivity contribution in [2.24, 2.45) is 5.73 Å². The largest absolute Gasteiger partial charge is 0.496 e. The van der Waals surface area contributed by atoms with Crippen molar-refractivity contribution in [3.05, 3.63) is 82.4 Å². The van der Waals surface area contributed by atoms with Crippen LogP contribution in [0.5, 0.6) is 5.75 Å². The molecule has 0 aliphatic heterocycles. The second kappa shape index (κ2) is 10.0. The Hall–Kier alpha value is -2.43. The molecule has 0 fully saturated rings. The van der Waals surface area contributed by atoms with E-state index in [0.29, 0.717) is 40.4 Å². The molecular weight excluding hydrogens is 363 g/mol. The molecule has 1 aromatic heterocycles. The van der Waals surface area contributed by atoms with E-state index < -0.39 is 0 Å². The van der Waals surface area contributed by atoms with E-state index in [-0.39, 0.29) is 5.82 Å². The second-order valence-electron chi connectivity index (χ2n) is 5.66. The van der Waals surface area contributed by atoms with Crippen molar-refractivity contribution < 1.29 is 9.13 Å². The number of methoxy groups -OCH3 is 1. The van der Waals surface area contributed by atoms with Gasteiger partial charge in [-0.3, -0.25) is 4.98 Å². The fourth-order valence-corrected chi connectivity index (χ4v) is 2.91. The molecule has 2 aromatic carbocycles. The third-order valence-corrected chi connectivity index (χ3v) is 4.24. The summed E-state index contributed by atoms with van der Waals surface area (Å²) in [5.74, 6) is 0.157. The van der Waals surface area contributed by atoms with Crippen molar-refractivity contribution in [2.45, 2.75) is 26.8 Å². The maximum absolute atomic E-state index is 15.2. The van der Waals surface area contributed by atoms with E-state index in [0.717, 1.165) is 11.3 Å². The van der Waals surface area contributed by atoms with Crippen molar-refractivity contribution in [3.8, 4) is 16.9 Å². The van der Waals surface area contributed by atoms with Gasteiger partial charge in [-0.05, 0) is 41.0 Å². The molecule has 1 heterocycles. The molecule has 3 aromatic rings. The number of halogens is 2. The van der Waals surface area contributed by atoms with Crippen LogP contribution in [-0.2, 0) is 13.0 Å². The van der Waals surface area contributed by atoms with Crippen LogP contribution in [0.25, 0.3) is 11.1 Å². The Kier molecular flexibility index (Phi) is 7.77. The lowest BCUT2D eigenvalue weighted by atomic mass is 9.97. The first-order chi connectivity index (χ1) is 13.1. The van der Waals surface area contributed by atoms with Crippen LogP contribution in [0.1, 0.15) is 30.7 Å². The third-order valence-electron chi connectivity index (χ3n) is 4.01. The highest BCUT2D eigenvalue weighted by Gasteiger charge is 2.16. The Bertz CT molecular complexity index is 882. The third kappa shape index (κ3) is 5.06. The van der Waals surface area contributed by atoms with Gasteiger partial charge < -0.3 is 10.5 Å². The molecule has 0 amide bonds. The van der Waals surface area contributed by atoms with Gasteiger partial charge in [0.15, 0.2) is 0 Å². The van der Waals surface area contributed by atoms with Crippen LogP contribution in [0.2, 0.25) is 5.02 Å². The van der Waals surface area contributed by atoms with Crippen LogP contribution in [-0.4, -0.2) is 12.1 Å². The van der Waals surface area contributed by atoms with Crippen LogP contribution < -0.4 is 10.5 Å². The fourth-order valence-electron chi connectivity index (χ4n) is 2.72. The Balaban J connectivity index is 0.00000126. The molecule has 5 heteroatoms. The molecular formula is C22H24ClFN2O. The highest BCUT2D eigenvalue weighted by Crippen LogP contribution is 2.36. The number of rotatable bonds is 5. The average molecular weight is 387 g/mol. The number of aromatic nitrogens is 1. The average Bonchev–Trinajstić information content (AvgIpc) is 2.71. The van der Waals surface area contributed by atoms with Gasteiger partial charge >= 0.3 is 0 Å². The molecule has 0 saturated heterocycles. The topological polar surface area (TPSA) is 48.1 Å². The van der Waals surface area contributed by atoms with E-state index in [2.05, 4.69) is 4.98 Å². The molecule has 0 saturated carbocycles. The SMILES string of the molecule is CC.COc1ccc(Cc2ccc(CN)nc2)c(F)c1-c1cccc(Cl)c1.